The molecule has 0 N–H and O–H groups in total. The van der Waals surface area contributed by atoms with E-state index in [0.717, 1.165) is 29.7 Å². The Morgan fingerprint density at radius 3 is 2.53 bits per heavy atom. The summed E-state index contributed by atoms with van der Waals surface area (Å²) in [6, 6.07) is 18.4. The predicted molar refractivity (Wildman–Crippen MR) is 87.0 cm³/mol. The van der Waals surface area contributed by atoms with Crippen molar-refractivity contribution in [3.63, 3.8) is 0 Å². The molecule has 0 radical (unpaired) electrons. The summed E-state index contributed by atoms with van der Waals surface area (Å²) in [5.74, 6) is 0.917. The summed E-state index contributed by atoms with van der Waals surface area (Å²) >= 11 is 7.16. The number of halogens is 2. The fourth-order valence-corrected chi connectivity index (χ4v) is 2.85. The van der Waals surface area contributed by atoms with Gasteiger partial charge in [0.05, 0.1) is 6.61 Å². The van der Waals surface area contributed by atoms with Gasteiger partial charge in [0.25, 0.3) is 0 Å². The van der Waals surface area contributed by atoms with Gasteiger partial charge in [-0.25, -0.2) is 0 Å². The summed E-state index contributed by atoms with van der Waals surface area (Å²) in [4.78, 5) is 0.403. The Kier molecular flexibility index (Phi) is 5.93. The maximum atomic E-state index is 5.72. The molecule has 100 valence electrons. The van der Waals surface area contributed by atoms with Gasteiger partial charge in [-0.3, -0.25) is 0 Å². The third-order valence-electron chi connectivity index (χ3n) is 2.83. The van der Waals surface area contributed by atoms with Gasteiger partial charge >= 0.3 is 0 Å². The molecule has 0 aromatic heterocycles. The van der Waals surface area contributed by atoms with E-state index in [4.69, 9.17) is 4.74 Å². The van der Waals surface area contributed by atoms with Crippen molar-refractivity contribution in [1.29, 1.82) is 0 Å². The van der Waals surface area contributed by atoms with Gasteiger partial charge in [-0.15, -0.1) is 0 Å². The molecule has 2 rings (SSSR count). The molecule has 0 saturated heterocycles. The van der Waals surface area contributed by atoms with Crippen molar-refractivity contribution in [2.75, 3.05) is 6.61 Å². The van der Waals surface area contributed by atoms with Crippen LogP contribution in [-0.4, -0.2) is 6.61 Å². The molecular weight excluding hydrogens is 368 g/mol. The van der Waals surface area contributed by atoms with Crippen molar-refractivity contribution < 1.29 is 4.74 Å². The molecule has 0 bridgehead atoms. The third kappa shape index (κ3) is 5.00. The number of hydrogen-bond acceptors (Lipinski definition) is 1. The fourth-order valence-electron chi connectivity index (χ4n) is 1.84. The van der Waals surface area contributed by atoms with E-state index in [0.29, 0.717) is 4.83 Å². The topological polar surface area (TPSA) is 9.23 Å². The van der Waals surface area contributed by atoms with Gasteiger partial charge in [0.1, 0.15) is 5.75 Å². The number of ether oxygens (including phenoxy) is 1. The van der Waals surface area contributed by atoms with Crippen molar-refractivity contribution in [3.05, 3.63) is 64.6 Å². The lowest BCUT2D eigenvalue weighted by Crippen LogP contribution is -1.99. The van der Waals surface area contributed by atoms with E-state index in [1.54, 1.807) is 0 Å². The molecule has 0 aliphatic carbocycles. The van der Waals surface area contributed by atoms with Gasteiger partial charge in [0.2, 0.25) is 0 Å². The predicted octanol–water partition coefficient (Wildman–Crippen LogP) is 5.74. The first-order chi connectivity index (χ1) is 9.25. The van der Waals surface area contributed by atoms with E-state index in [9.17, 15) is 0 Å². The fraction of sp³-hybridized carbons (Fsp3) is 0.250. The maximum Gasteiger partial charge on any atom is 0.120 e. The van der Waals surface area contributed by atoms with E-state index < -0.39 is 0 Å². The minimum atomic E-state index is 0.403. The van der Waals surface area contributed by atoms with Gasteiger partial charge in [0.15, 0.2) is 0 Å². The molecule has 0 fully saturated rings. The van der Waals surface area contributed by atoms with Crippen molar-refractivity contribution in [2.24, 2.45) is 0 Å². The quantitative estimate of drug-likeness (QED) is 0.456. The summed E-state index contributed by atoms with van der Waals surface area (Å²) in [5, 5.41) is 0. The number of benzene rings is 2. The first kappa shape index (κ1) is 14.6. The molecule has 0 aliphatic heterocycles. The standard InChI is InChI=1S/C16H16Br2O/c17-14-8-4-9-15(12-14)19-11-5-10-16(18)13-6-2-1-3-7-13/h1-4,6-9,12,16H,5,10-11H2. The normalized spacial score (nSPS) is 12.1. The highest BCUT2D eigenvalue weighted by Crippen LogP contribution is 2.27. The Bertz CT molecular complexity index is 499. The molecule has 1 atom stereocenters. The Hall–Kier alpha value is -0.800. The summed E-state index contributed by atoms with van der Waals surface area (Å²) in [7, 11) is 0. The molecule has 0 spiro atoms. The number of rotatable bonds is 6. The third-order valence-corrected chi connectivity index (χ3v) is 4.31. The zero-order valence-electron chi connectivity index (χ0n) is 10.6. The second-order valence-electron chi connectivity index (χ2n) is 4.33. The van der Waals surface area contributed by atoms with Crippen molar-refractivity contribution in [1.82, 2.24) is 0 Å². The Morgan fingerprint density at radius 2 is 1.79 bits per heavy atom. The van der Waals surface area contributed by atoms with Crippen LogP contribution in [-0.2, 0) is 0 Å². The lowest BCUT2D eigenvalue weighted by Gasteiger charge is -2.11. The summed E-state index contributed by atoms with van der Waals surface area (Å²) in [6.45, 7) is 0.741. The van der Waals surface area contributed by atoms with Crippen LogP contribution in [0.2, 0.25) is 0 Å². The van der Waals surface area contributed by atoms with Gasteiger partial charge in [-0.05, 0) is 36.6 Å². The van der Waals surface area contributed by atoms with Gasteiger partial charge < -0.3 is 4.74 Å². The molecule has 0 aliphatic rings. The maximum absolute atomic E-state index is 5.72. The van der Waals surface area contributed by atoms with Gasteiger partial charge in [0, 0.05) is 9.30 Å². The molecule has 0 saturated carbocycles. The monoisotopic (exact) mass is 382 g/mol. The minimum Gasteiger partial charge on any atom is -0.494 e. The second-order valence-corrected chi connectivity index (χ2v) is 6.35. The summed E-state index contributed by atoms with van der Waals surface area (Å²) in [5.41, 5.74) is 1.32. The summed E-state index contributed by atoms with van der Waals surface area (Å²) < 4.78 is 6.77. The van der Waals surface area contributed by atoms with E-state index in [2.05, 4.69) is 56.1 Å². The highest BCUT2D eigenvalue weighted by Gasteiger charge is 2.06. The van der Waals surface area contributed by atoms with E-state index in [1.807, 2.05) is 30.3 Å². The average Bonchev–Trinajstić information content (AvgIpc) is 2.44. The highest BCUT2D eigenvalue weighted by molar-refractivity contribution is 9.10. The zero-order chi connectivity index (χ0) is 13.5. The molecule has 3 heteroatoms. The first-order valence-electron chi connectivity index (χ1n) is 6.33. The highest BCUT2D eigenvalue weighted by atomic mass is 79.9. The van der Waals surface area contributed by atoms with Crippen LogP contribution in [0.15, 0.2) is 59.1 Å². The molecule has 2 aromatic carbocycles. The largest absolute Gasteiger partial charge is 0.494 e. The zero-order valence-corrected chi connectivity index (χ0v) is 13.7. The minimum absolute atomic E-state index is 0.403. The van der Waals surface area contributed by atoms with Crippen molar-refractivity contribution in [3.8, 4) is 5.75 Å². The van der Waals surface area contributed by atoms with E-state index in [-0.39, 0.29) is 0 Å². The molecule has 1 nitrogen and oxygen atoms in total. The lowest BCUT2D eigenvalue weighted by atomic mass is 10.1. The Labute approximate surface area is 131 Å². The first-order valence-corrected chi connectivity index (χ1v) is 8.04. The van der Waals surface area contributed by atoms with Crippen LogP contribution in [0.4, 0.5) is 0 Å². The van der Waals surface area contributed by atoms with Gasteiger partial charge in [-0.2, -0.15) is 0 Å². The Morgan fingerprint density at radius 1 is 1.00 bits per heavy atom. The summed E-state index contributed by atoms with van der Waals surface area (Å²) in [6.07, 6.45) is 2.09. The van der Waals surface area contributed by atoms with E-state index >= 15 is 0 Å². The van der Waals surface area contributed by atoms with Crippen LogP contribution in [0.5, 0.6) is 5.75 Å². The lowest BCUT2D eigenvalue weighted by molar-refractivity contribution is 0.306. The smallest absolute Gasteiger partial charge is 0.120 e. The average molecular weight is 384 g/mol. The van der Waals surface area contributed by atoms with Crippen LogP contribution in [0.3, 0.4) is 0 Å². The van der Waals surface area contributed by atoms with Gasteiger partial charge in [-0.1, -0.05) is 68.3 Å². The molecule has 1 unspecified atom stereocenters. The Balaban J connectivity index is 1.72. The van der Waals surface area contributed by atoms with Crippen molar-refractivity contribution >= 4 is 31.9 Å². The molecule has 0 amide bonds. The van der Waals surface area contributed by atoms with Crippen molar-refractivity contribution in [2.45, 2.75) is 17.7 Å². The number of alkyl halides is 1. The molecular formula is C16H16Br2O. The van der Waals surface area contributed by atoms with Crippen LogP contribution in [0, 0.1) is 0 Å². The van der Waals surface area contributed by atoms with E-state index in [1.165, 1.54) is 5.56 Å². The SMILES string of the molecule is Brc1cccc(OCCCC(Br)c2ccccc2)c1. The number of hydrogen-bond donors (Lipinski definition) is 0. The van der Waals surface area contributed by atoms with Crippen LogP contribution in [0.25, 0.3) is 0 Å². The van der Waals surface area contributed by atoms with Crippen LogP contribution in [0.1, 0.15) is 23.2 Å². The molecule has 19 heavy (non-hydrogen) atoms. The second kappa shape index (κ2) is 7.71. The molecule has 0 heterocycles. The van der Waals surface area contributed by atoms with Crippen LogP contribution < -0.4 is 4.74 Å². The molecule has 2 aromatic rings. The van der Waals surface area contributed by atoms with Crippen LogP contribution >= 0.6 is 31.9 Å².